The van der Waals surface area contributed by atoms with E-state index < -0.39 is 55.6 Å². The molecule has 1 aliphatic heterocycles. The average Bonchev–Trinajstić information content (AvgIpc) is 3.29. The zero-order chi connectivity index (χ0) is 46.7. The van der Waals surface area contributed by atoms with Crippen molar-refractivity contribution >= 4 is 5.91 Å². The van der Waals surface area contributed by atoms with Gasteiger partial charge in [0.25, 0.3) is 0 Å². The molecule has 382 valence electrons. The molecular weight excluding hydrogens is 807 g/mol. The summed E-state index contributed by atoms with van der Waals surface area (Å²) in [5.74, 6) is -0.252. The maximum Gasteiger partial charge on any atom is 0.220 e. The first kappa shape index (κ1) is 61.2. The first-order valence-electron chi connectivity index (χ1n) is 27.8. The van der Waals surface area contributed by atoms with Crippen molar-refractivity contribution in [1.82, 2.24) is 5.32 Å². The minimum absolute atomic E-state index is 0.252. The van der Waals surface area contributed by atoms with E-state index in [9.17, 15) is 35.4 Å². The lowest BCUT2D eigenvalue weighted by Gasteiger charge is -2.40. The second kappa shape index (κ2) is 44.6. The van der Waals surface area contributed by atoms with E-state index in [1.807, 2.05) is 0 Å². The van der Waals surface area contributed by atoms with Crippen molar-refractivity contribution in [3.63, 3.8) is 0 Å². The molecule has 0 aromatic carbocycles. The van der Waals surface area contributed by atoms with E-state index in [0.717, 1.165) is 44.9 Å². The molecule has 1 fully saturated rings. The molecule has 0 spiro atoms. The molecule has 0 bridgehead atoms. The van der Waals surface area contributed by atoms with Crippen LogP contribution in [0.2, 0.25) is 0 Å². The molecule has 0 aromatic rings. The number of carbonyl (C=O) groups is 1. The number of nitrogens with one attached hydrogen (secondary N) is 1. The summed E-state index contributed by atoms with van der Waals surface area (Å²) in [6.45, 7) is 3.62. The van der Waals surface area contributed by atoms with Crippen LogP contribution in [0.5, 0.6) is 0 Å². The Labute approximate surface area is 394 Å². The highest BCUT2D eigenvalue weighted by molar-refractivity contribution is 5.76. The summed E-state index contributed by atoms with van der Waals surface area (Å²) in [4.78, 5) is 13.0. The molecule has 0 aromatic heterocycles. The van der Waals surface area contributed by atoms with Gasteiger partial charge in [-0.3, -0.25) is 4.79 Å². The summed E-state index contributed by atoms with van der Waals surface area (Å²) >= 11 is 0. The topological polar surface area (TPSA) is 169 Å². The predicted octanol–water partition coefficient (Wildman–Crippen LogP) is 12.0. The van der Waals surface area contributed by atoms with Crippen molar-refractivity contribution in [1.29, 1.82) is 0 Å². The lowest BCUT2D eigenvalue weighted by molar-refractivity contribution is -0.303. The molecule has 1 amide bonds. The van der Waals surface area contributed by atoms with E-state index in [-0.39, 0.29) is 18.9 Å². The van der Waals surface area contributed by atoms with Gasteiger partial charge in [-0.15, -0.1) is 0 Å². The molecular formula is C54H107NO9. The lowest BCUT2D eigenvalue weighted by atomic mass is 9.98. The maximum absolute atomic E-state index is 13.0. The Hall–Kier alpha value is -0.850. The van der Waals surface area contributed by atoms with Gasteiger partial charge in [0.2, 0.25) is 5.91 Å². The molecule has 1 heterocycles. The predicted molar refractivity (Wildman–Crippen MR) is 264 cm³/mol. The summed E-state index contributed by atoms with van der Waals surface area (Å²) in [5.41, 5.74) is 0. The molecule has 7 N–H and O–H groups in total. The third-order valence-electron chi connectivity index (χ3n) is 13.8. The third-order valence-corrected chi connectivity index (χ3v) is 13.8. The van der Waals surface area contributed by atoms with Crippen molar-refractivity contribution in [2.75, 3.05) is 13.2 Å². The number of unbranched alkanes of at least 4 members (excludes halogenated alkanes) is 37. The Bertz CT molecular complexity index is 988. The molecule has 0 saturated carbocycles. The highest BCUT2D eigenvalue weighted by Crippen LogP contribution is 2.23. The van der Waals surface area contributed by atoms with Gasteiger partial charge in [-0.2, -0.15) is 0 Å². The van der Waals surface area contributed by atoms with Crippen LogP contribution in [-0.4, -0.2) is 98.7 Å². The molecule has 0 aliphatic carbocycles. The molecule has 0 radical (unpaired) electrons. The Morgan fingerprint density at radius 3 is 1.16 bits per heavy atom. The Balaban J connectivity index is 2.15. The van der Waals surface area contributed by atoms with Crippen LogP contribution in [0.15, 0.2) is 0 Å². The highest BCUT2D eigenvalue weighted by atomic mass is 16.7. The highest BCUT2D eigenvalue weighted by Gasteiger charge is 2.44. The number of amides is 1. The zero-order valence-electron chi connectivity index (χ0n) is 41.9. The maximum atomic E-state index is 13.0. The van der Waals surface area contributed by atoms with Crippen molar-refractivity contribution in [3.05, 3.63) is 0 Å². The smallest absolute Gasteiger partial charge is 0.220 e. The molecule has 8 atom stereocenters. The Morgan fingerprint density at radius 2 is 0.812 bits per heavy atom. The van der Waals surface area contributed by atoms with Crippen LogP contribution in [0.3, 0.4) is 0 Å². The van der Waals surface area contributed by atoms with Crippen molar-refractivity contribution in [2.24, 2.45) is 0 Å². The van der Waals surface area contributed by atoms with Crippen molar-refractivity contribution in [2.45, 2.75) is 326 Å². The van der Waals surface area contributed by atoms with E-state index in [4.69, 9.17) is 9.47 Å². The number of hydrogen-bond acceptors (Lipinski definition) is 9. The van der Waals surface area contributed by atoms with Gasteiger partial charge in [0.1, 0.15) is 30.5 Å². The van der Waals surface area contributed by atoms with Gasteiger partial charge in [-0.25, -0.2) is 0 Å². The Kier molecular flexibility index (Phi) is 42.7. The van der Waals surface area contributed by atoms with Gasteiger partial charge in [-0.1, -0.05) is 258 Å². The van der Waals surface area contributed by atoms with Crippen molar-refractivity contribution in [3.8, 4) is 0 Å². The van der Waals surface area contributed by atoms with E-state index >= 15 is 0 Å². The fourth-order valence-electron chi connectivity index (χ4n) is 9.32. The molecule has 1 saturated heterocycles. The standard InChI is InChI=1S/C54H107NO9/c1-3-5-7-9-11-13-15-16-17-18-19-20-21-22-23-24-25-26-27-28-29-30-31-32-33-35-37-39-41-43-49(58)55-46(45-63-54-53(62)52(61)51(60)48(44-56)64-54)50(59)47(57)42-40-38-36-34-14-12-10-8-6-4-2/h46-48,50-54,56-57,59-62H,3-45H2,1-2H3,(H,55,58)/t46-,47+,48+,50-,51+,52?,53?,54+/m0/s1. The fourth-order valence-corrected chi connectivity index (χ4v) is 9.32. The van der Waals surface area contributed by atoms with Crippen LogP contribution in [-0.2, 0) is 14.3 Å². The summed E-state index contributed by atoms with van der Waals surface area (Å²) in [7, 11) is 0. The second-order valence-electron chi connectivity index (χ2n) is 19.9. The van der Waals surface area contributed by atoms with Gasteiger partial charge >= 0.3 is 0 Å². The fraction of sp³-hybridized carbons (Fsp3) is 0.981. The molecule has 64 heavy (non-hydrogen) atoms. The number of aliphatic hydroxyl groups excluding tert-OH is 6. The van der Waals surface area contributed by atoms with Gasteiger partial charge < -0.3 is 45.4 Å². The largest absolute Gasteiger partial charge is 0.394 e. The molecule has 2 unspecified atom stereocenters. The summed E-state index contributed by atoms with van der Waals surface area (Å²) in [6, 6.07) is -0.985. The quantitative estimate of drug-likeness (QED) is 0.0294. The van der Waals surface area contributed by atoms with Gasteiger partial charge in [0.15, 0.2) is 6.29 Å². The van der Waals surface area contributed by atoms with Gasteiger partial charge in [0, 0.05) is 6.42 Å². The summed E-state index contributed by atoms with van der Waals surface area (Å²) in [5, 5.41) is 65.2. The summed E-state index contributed by atoms with van der Waals surface area (Å²) in [6.07, 6.45) is 41.5. The van der Waals surface area contributed by atoms with Crippen LogP contribution in [0.4, 0.5) is 0 Å². The SMILES string of the molecule is CCCCCCCCCCCCCCCCCCCCCCCCCCCCCCCC(=O)N[C@@H](CO[C@@H]1O[C@H](CO)[C@@H](O)C(O)C1O)[C@H](O)[C@H](O)CCCCCCCCCCCC. The number of aliphatic hydroxyl groups is 6. The van der Waals surface area contributed by atoms with Gasteiger partial charge in [0.05, 0.1) is 25.4 Å². The first-order valence-corrected chi connectivity index (χ1v) is 27.8. The van der Waals surface area contributed by atoms with Crippen LogP contribution in [0.25, 0.3) is 0 Å². The summed E-state index contributed by atoms with van der Waals surface area (Å²) < 4.78 is 11.2. The first-order chi connectivity index (χ1) is 31.3. The van der Waals surface area contributed by atoms with E-state index in [1.54, 1.807) is 0 Å². The third kappa shape index (κ3) is 33.6. The molecule has 10 heteroatoms. The van der Waals surface area contributed by atoms with Crippen LogP contribution in [0.1, 0.15) is 277 Å². The van der Waals surface area contributed by atoms with E-state index in [1.165, 1.54) is 205 Å². The molecule has 1 rings (SSSR count). The minimum Gasteiger partial charge on any atom is -0.394 e. The normalized spacial score (nSPS) is 20.4. The lowest BCUT2D eigenvalue weighted by Crippen LogP contribution is -2.60. The number of carbonyl (C=O) groups excluding carboxylic acids is 1. The molecule has 10 nitrogen and oxygen atoms in total. The van der Waals surface area contributed by atoms with Crippen LogP contribution >= 0.6 is 0 Å². The van der Waals surface area contributed by atoms with E-state index in [0.29, 0.717) is 6.42 Å². The van der Waals surface area contributed by atoms with Crippen molar-refractivity contribution < 1.29 is 44.9 Å². The van der Waals surface area contributed by atoms with Gasteiger partial charge in [-0.05, 0) is 12.8 Å². The van der Waals surface area contributed by atoms with Crippen LogP contribution < -0.4 is 5.32 Å². The second-order valence-corrected chi connectivity index (χ2v) is 19.9. The van der Waals surface area contributed by atoms with Crippen LogP contribution in [0, 0.1) is 0 Å². The number of hydrogen-bond donors (Lipinski definition) is 7. The monoisotopic (exact) mass is 914 g/mol. The zero-order valence-corrected chi connectivity index (χ0v) is 41.9. The Morgan fingerprint density at radius 1 is 0.484 bits per heavy atom. The average molecular weight is 914 g/mol. The minimum atomic E-state index is -1.60. The number of ether oxygens (including phenoxy) is 2. The number of rotatable bonds is 48. The molecule has 1 aliphatic rings. The van der Waals surface area contributed by atoms with E-state index in [2.05, 4.69) is 19.2 Å².